The van der Waals surface area contributed by atoms with Gasteiger partial charge in [-0.3, -0.25) is 14.9 Å². The van der Waals surface area contributed by atoms with E-state index in [1.807, 2.05) is 0 Å². The van der Waals surface area contributed by atoms with Crippen molar-refractivity contribution in [2.75, 3.05) is 12.4 Å². The topological polar surface area (TPSA) is 108 Å². The fourth-order valence-electron chi connectivity index (χ4n) is 2.18. The molecular weight excluding hydrogens is 388 g/mol. The lowest BCUT2D eigenvalue weighted by Crippen LogP contribution is -2.29. The third kappa shape index (κ3) is 5.82. The maximum atomic E-state index is 12.3. The monoisotopic (exact) mass is 404 g/mol. The number of anilines is 1. The first-order chi connectivity index (χ1) is 13.3. The molecule has 0 saturated heterocycles. The van der Waals surface area contributed by atoms with Crippen molar-refractivity contribution in [2.45, 2.75) is 13.0 Å². The Morgan fingerprint density at radius 1 is 1.25 bits per heavy atom. The van der Waals surface area contributed by atoms with Crippen molar-refractivity contribution in [3.63, 3.8) is 0 Å². The molecule has 0 heterocycles. The number of esters is 1. The average Bonchev–Trinajstić information content (AvgIpc) is 2.66. The number of nitro benzene ring substituents is 1. The number of hydrogen-bond acceptors (Lipinski definition) is 6. The summed E-state index contributed by atoms with van der Waals surface area (Å²) < 4.78 is 10.1. The number of benzene rings is 2. The van der Waals surface area contributed by atoms with Gasteiger partial charge in [-0.05, 0) is 36.8 Å². The molecule has 2 rings (SSSR count). The molecule has 0 aliphatic rings. The molecule has 0 aliphatic carbocycles. The zero-order valence-electron chi connectivity index (χ0n) is 15.0. The lowest BCUT2D eigenvalue weighted by Gasteiger charge is -2.14. The van der Waals surface area contributed by atoms with Crippen LogP contribution in [0, 0.1) is 10.1 Å². The van der Waals surface area contributed by atoms with Crippen LogP contribution >= 0.6 is 11.6 Å². The van der Waals surface area contributed by atoms with Gasteiger partial charge in [-0.25, -0.2) is 4.79 Å². The standard InChI is InChI=1S/C19H17ClN2O6/c1-12(28-18(23)9-6-13-4-3-5-14(20)10-13)19(24)21-16-11-15(22(25)26)7-8-17(16)27-2/h3-12H,1-2H3,(H,21,24)/b9-6+. The van der Waals surface area contributed by atoms with Gasteiger partial charge in [0.05, 0.1) is 17.7 Å². The third-order valence-electron chi connectivity index (χ3n) is 3.57. The lowest BCUT2D eigenvalue weighted by atomic mass is 10.2. The van der Waals surface area contributed by atoms with E-state index in [2.05, 4.69) is 5.32 Å². The molecule has 146 valence electrons. The van der Waals surface area contributed by atoms with Gasteiger partial charge in [0, 0.05) is 23.2 Å². The minimum Gasteiger partial charge on any atom is -0.495 e. The lowest BCUT2D eigenvalue weighted by molar-refractivity contribution is -0.384. The van der Waals surface area contributed by atoms with Gasteiger partial charge in [0.15, 0.2) is 6.10 Å². The van der Waals surface area contributed by atoms with E-state index in [1.54, 1.807) is 24.3 Å². The van der Waals surface area contributed by atoms with E-state index in [0.29, 0.717) is 10.6 Å². The Bertz CT molecular complexity index is 928. The second kappa shape index (κ2) is 9.52. The SMILES string of the molecule is COc1ccc([N+](=O)[O-])cc1NC(=O)C(C)OC(=O)/C=C/c1cccc(Cl)c1. The van der Waals surface area contributed by atoms with Crippen LogP contribution in [0.15, 0.2) is 48.5 Å². The van der Waals surface area contributed by atoms with Gasteiger partial charge in [0.2, 0.25) is 0 Å². The molecular formula is C19H17ClN2O6. The van der Waals surface area contributed by atoms with E-state index in [-0.39, 0.29) is 17.1 Å². The second-order valence-electron chi connectivity index (χ2n) is 5.60. The maximum Gasteiger partial charge on any atom is 0.331 e. The number of nitrogens with one attached hydrogen (secondary N) is 1. The largest absolute Gasteiger partial charge is 0.495 e. The number of ether oxygens (including phenoxy) is 2. The molecule has 0 spiro atoms. The Labute approximate surface area is 165 Å². The Hall–Kier alpha value is -3.39. The van der Waals surface area contributed by atoms with Crippen molar-refractivity contribution >= 4 is 40.9 Å². The highest BCUT2D eigenvalue weighted by atomic mass is 35.5. The first kappa shape index (κ1) is 20.9. The molecule has 0 bridgehead atoms. The van der Waals surface area contributed by atoms with Crippen molar-refractivity contribution in [1.82, 2.24) is 0 Å². The smallest absolute Gasteiger partial charge is 0.331 e. The van der Waals surface area contributed by atoms with Crippen molar-refractivity contribution in [1.29, 1.82) is 0 Å². The average molecular weight is 405 g/mol. The summed E-state index contributed by atoms with van der Waals surface area (Å²) in [6, 6.07) is 10.6. The van der Waals surface area contributed by atoms with E-state index in [0.717, 1.165) is 6.07 Å². The van der Waals surface area contributed by atoms with Crippen molar-refractivity contribution in [3.8, 4) is 5.75 Å². The normalized spacial score (nSPS) is 11.7. The molecule has 0 saturated carbocycles. The van der Waals surface area contributed by atoms with Crippen LogP contribution in [0.5, 0.6) is 5.75 Å². The number of amides is 1. The molecule has 2 aromatic rings. The summed E-state index contributed by atoms with van der Waals surface area (Å²) in [5.74, 6) is -1.16. The molecule has 1 unspecified atom stereocenters. The number of carbonyl (C=O) groups excluding carboxylic acids is 2. The summed E-state index contributed by atoms with van der Waals surface area (Å²) >= 11 is 5.86. The number of nitrogens with zero attached hydrogens (tertiary/aromatic N) is 1. The van der Waals surface area contributed by atoms with Crippen molar-refractivity contribution in [3.05, 3.63) is 69.2 Å². The number of nitro groups is 1. The molecule has 9 heteroatoms. The summed E-state index contributed by atoms with van der Waals surface area (Å²) in [6.45, 7) is 1.38. The number of non-ortho nitro benzene ring substituents is 1. The van der Waals surface area contributed by atoms with Gasteiger partial charge < -0.3 is 14.8 Å². The van der Waals surface area contributed by atoms with Gasteiger partial charge in [0.1, 0.15) is 5.75 Å². The first-order valence-electron chi connectivity index (χ1n) is 8.07. The first-order valence-corrected chi connectivity index (χ1v) is 8.45. The van der Waals surface area contributed by atoms with Gasteiger partial charge >= 0.3 is 5.97 Å². The van der Waals surface area contributed by atoms with E-state index in [1.165, 1.54) is 38.3 Å². The second-order valence-corrected chi connectivity index (χ2v) is 6.03. The van der Waals surface area contributed by atoms with Crippen LogP contribution < -0.4 is 10.1 Å². The predicted molar refractivity (Wildman–Crippen MR) is 104 cm³/mol. The number of rotatable bonds is 7. The van der Waals surface area contributed by atoms with Gasteiger partial charge in [-0.15, -0.1) is 0 Å². The van der Waals surface area contributed by atoms with E-state index < -0.39 is 22.9 Å². The fourth-order valence-corrected chi connectivity index (χ4v) is 2.38. The van der Waals surface area contributed by atoms with E-state index >= 15 is 0 Å². The van der Waals surface area contributed by atoms with Crippen LogP contribution in [0.2, 0.25) is 5.02 Å². The highest BCUT2D eigenvalue weighted by Crippen LogP contribution is 2.29. The molecule has 0 radical (unpaired) electrons. The zero-order chi connectivity index (χ0) is 20.7. The number of halogens is 1. The van der Waals surface area contributed by atoms with Crippen LogP contribution in [-0.4, -0.2) is 30.0 Å². The molecule has 0 aromatic heterocycles. The molecule has 1 atom stereocenters. The molecule has 1 amide bonds. The Morgan fingerprint density at radius 2 is 2.00 bits per heavy atom. The van der Waals surface area contributed by atoms with Gasteiger partial charge in [0.25, 0.3) is 11.6 Å². The molecule has 2 aromatic carbocycles. The van der Waals surface area contributed by atoms with Crippen LogP contribution in [0.25, 0.3) is 6.08 Å². The van der Waals surface area contributed by atoms with Crippen molar-refractivity contribution < 1.29 is 24.0 Å². The highest BCUT2D eigenvalue weighted by Gasteiger charge is 2.20. The molecule has 8 nitrogen and oxygen atoms in total. The Morgan fingerprint density at radius 3 is 2.64 bits per heavy atom. The predicted octanol–water partition coefficient (Wildman–Crippen LogP) is 3.84. The van der Waals surface area contributed by atoms with E-state index in [4.69, 9.17) is 21.1 Å². The Balaban J connectivity index is 2.01. The molecule has 28 heavy (non-hydrogen) atoms. The fraction of sp³-hybridized carbons (Fsp3) is 0.158. The summed E-state index contributed by atoms with van der Waals surface area (Å²) in [6.07, 6.45) is 1.53. The van der Waals surface area contributed by atoms with Crippen molar-refractivity contribution in [2.24, 2.45) is 0 Å². The highest BCUT2D eigenvalue weighted by molar-refractivity contribution is 6.30. The van der Waals surface area contributed by atoms with Crippen LogP contribution in [0.3, 0.4) is 0 Å². The van der Waals surface area contributed by atoms with Gasteiger partial charge in [-0.2, -0.15) is 0 Å². The minimum atomic E-state index is -1.14. The number of hydrogen-bond donors (Lipinski definition) is 1. The van der Waals surface area contributed by atoms with Gasteiger partial charge in [-0.1, -0.05) is 23.7 Å². The molecule has 1 N–H and O–H groups in total. The number of carbonyl (C=O) groups is 2. The quantitative estimate of drug-likeness (QED) is 0.325. The van der Waals surface area contributed by atoms with E-state index in [9.17, 15) is 19.7 Å². The maximum absolute atomic E-state index is 12.3. The summed E-state index contributed by atoms with van der Waals surface area (Å²) in [7, 11) is 1.36. The zero-order valence-corrected chi connectivity index (χ0v) is 15.8. The summed E-state index contributed by atoms with van der Waals surface area (Å²) in [5.41, 5.74) is 0.576. The molecule has 0 aliphatic heterocycles. The summed E-state index contributed by atoms with van der Waals surface area (Å²) in [4.78, 5) is 34.5. The summed E-state index contributed by atoms with van der Waals surface area (Å²) in [5, 5.41) is 13.9. The minimum absolute atomic E-state index is 0.0964. The van der Waals surface area contributed by atoms with Crippen LogP contribution in [0.1, 0.15) is 12.5 Å². The Kier molecular flexibility index (Phi) is 7.11. The number of methoxy groups -OCH3 is 1. The van der Waals surface area contributed by atoms with Crippen LogP contribution in [0.4, 0.5) is 11.4 Å². The molecule has 0 fully saturated rings. The van der Waals surface area contributed by atoms with Crippen LogP contribution in [-0.2, 0) is 14.3 Å². The third-order valence-corrected chi connectivity index (χ3v) is 3.81.